The van der Waals surface area contributed by atoms with Crippen LogP contribution in [-0.2, 0) is 15.3 Å². The number of esters is 1. The molecule has 2 N–H and O–H groups in total. The lowest BCUT2D eigenvalue weighted by atomic mass is 10.1. The number of rotatable bonds is 7. The van der Waals surface area contributed by atoms with Crippen molar-refractivity contribution in [3.63, 3.8) is 0 Å². The number of nitrogens with two attached hydrogens (primary N) is 1. The van der Waals surface area contributed by atoms with Crippen LogP contribution in [0.2, 0.25) is 0 Å². The van der Waals surface area contributed by atoms with Crippen LogP contribution in [0.4, 0.5) is 0 Å². The average Bonchev–Trinajstić information content (AvgIpc) is 2.50. The summed E-state index contributed by atoms with van der Waals surface area (Å²) in [5.41, 5.74) is 7.22. The van der Waals surface area contributed by atoms with E-state index < -0.39 is 12.0 Å². The number of thioether (sulfide) groups is 1. The summed E-state index contributed by atoms with van der Waals surface area (Å²) in [6.45, 7) is 0. The molecule has 6 heteroatoms. The van der Waals surface area contributed by atoms with Crippen LogP contribution in [0.5, 0.6) is 5.75 Å². The van der Waals surface area contributed by atoms with Gasteiger partial charge in [0.25, 0.3) is 0 Å². The molecule has 5 nitrogen and oxygen atoms in total. The van der Waals surface area contributed by atoms with Crippen LogP contribution in [0.3, 0.4) is 0 Å². The van der Waals surface area contributed by atoms with Gasteiger partial charge in [0, 0.05) is 11.3 Å². The van der Waals surface area contributed by atoms with Crippen molar-refractivity contribution in [1.29, 1.82) is 5.26 Å². The summed E-state index contributed by atoms with van der Waals surface area (Å²) in [4.78, 5) is 11.1. The van der Waals surface area contributed by atoms with Crippen LogP contribution in [0.25, 0.3) is 0 Å². The molecule has 108 valence electrons. The Kier molecular flexibility index (Phi) is 6.91. The van der Waals surface area contributed by atoms with E-state index in [0.29, 0.717) is 17.7 Å². The van der Waals surface area contributed by atoms with Gasteiger partial charge in [0.2, 0.25) is 0 Å². The monoisotopic (exact) mass is 294 g/mol. The number of hydrogen-bond donors (Lipinski definition) is 1. The molecular weight excluding hydrogens is 276 g/mol. The van der Waals surface area contributed by atoms with Gasteiger partial charge in [-0.3, -0.25) is 4.79 Å². The van der Waals surface area contributed by atoms with Crippen LogP contribution in [0.1, 0.15) is 17.5 Å². The zero-order valence-corrected chi connectivity index (χ0v) is 12.4. The number of carbonyl (C=O) groups excluding carboxylic acids is 1. The fourth-order valence-electron chi connectivity index (χ4n) is 1.62. The van der Waals surface area contributed by atoms with Gasteiger partial charge in [0.1, 0.15) is 11.8 Å². The van der Waals surface area contributed by atoms with Crippen molar-refractivity contribution in [2.75, 3.05) is 20.0 Å². The van der Waals surface area contributed by atoms with Gasteiger partial charge >= 0.3 is 5.97 Å². The minimum absolute atomic E-state index is 0.394. The minimum Gasteiger partial charge on any atom is -0.496 e. The quantitative estimate of drug-likeness (QED) is 0.608. The van der Waals surface area contributed by atoms with Crippen LogP contribution in [-0.4, -0.2) is 32.0 Å². The van der Waals surface area contributed by atoms with Gasteiger partial charge in [0.05, 0.1) is 25.9 Å². The molecule has 0 amide bonds. The van der Waals surface area contributed by atoms with Crippen LogP contribution < -0.4 is 10.5 Å². The summed E-state index contributed by atoms with van der Waals surface area (Å²) in [6.07, 6.45) is 0.553. The first-order valence-corrected chi connectivity index (χ1v) is 7.26. The van der Waals surface area contributed by atoms with E-state index in [1.54, 1.807) is 31.0 Å². The maximum Gasteiger partial charge on any atom is 0.322 e. The highest BCUT2D eigenvalue weighted by molar-refractivity contribution is 7.98. The van der Waals surface area contributed by atoms with E-state index >= 15 is 0 Å². The number of methoxy groups -OCH3 is 2. The van der Waals surface area contributed by atoms with Crippen molar-refractivity contribution >= 4 is 17.7 Å². The summed E-state index contributed by atoms with van der Waals surface area (Å²) in [6, 6.07) is 6.84. The Labute approximate surface area is 123 Å². The average molecular weight is 294 g/mol. The van der Waals surface area contributed by atoms with E-state index in [0.717, 1.165) is 17.1 Å². The van der Waals surface area contributed by atoms with Gasteiger partial charge in [-0.1, -0.05) is 0 Å². The van der Waals surface area contributed by atoms with Gasteiger partial charge in [0.15, 0.2) is 0 Å². The first-order valence-electron chi connectivity index (χ1n) is 6.10. The van der Waals surface area contributed by atoms with Crippen molar-refractivity contribution in [2.24, 2.45) is 5.73 Å². The zero-order chi connectivity index (χ0) is 15.0. The minimum atomic E-state index is -0.583. The molecule has 0 aliphatic carbocycles. The number of nitrogens with zero attached hydrogens (tertiary/aromatic N) is 1. The Hall–Kier alpha value is -1.71. The topological polar surface area (TPSA) is 85.3 Å². The van der Waals surface area contributed by atoms with E-state index in [4.69, 9.17) is 15.7 Å². The second-order valence-electron chi connectivity index (χ2n) is 4.11. The lowest BCUT2D eigenvalue weighted by molar-refractivity contribution is -0.142. The zero-order valence-electron chi connectivity index (χ0n) is 11.6. The van der Waals surface area contributed by atoms with E-state index in [1.165, 1.54) is 7.11 Å². The summed E-state index contributed by atoms with van der Waals surface area (Å²) in [5, 5.41) is 8.89. The van der Waals surface area contributed by atoms with Crippen LogP contribution in [0.15, 0.2) is 18.2 Å². The number of carbonyl (C=O) groups is 1. The lowest BCUT2D eigenvalue weighted by Crippen LogP contribution is -2.31. The van der Waals surface area contributed by atoms with Gasteiger partial charge in [-0.15, -0.1) is 0 Å². The third kappa shape index (κ3) is 4.76. The van der Waals surface area contributed by atoms with Crippen molar-refractivity contribution in [3.05, 3.63) is 29.3 Å². The Bertz CT molecular complexity index is 500. The molecule has 0 saturated heterocycles. The van der Waals surface area contributed by atoms with E-state index in [1.807, 2.05) is 6.07 Å². The molecule has 1 atom stereocenters. The van der Waals surface area contributed by atoms with Crippen molar-refractivity contribution in [2.45, 2.75) is 18.2 Å². The second kappa shape index (κ2) is 8.46. The Balaban J connectivity index is 2.49. The maximum atomic E-state index is 11.1. The molecule has 0 aliphatic heterocycles. The van der Waals surface area contributed by atoms with Gasteiger partial charge in [-0.25, -0.2) is 0 Å². The normalized spacial score (nSPS) is 11.5. The summed E-state index contributed by atoms with van der Waals surface area (Å²) in [7, 11) is 2.93. The summed E-state index contributed by atoms with van der Waals surface area (Å²) < 4.78 is 9.82. The fraction of sp³-hybridized carbons (Fsp3) is 0.429. The third-order valence-corrected chi connectivity index (χ3v) is 3.78. The smallest absolute Gasteiger partial charge is 0.322 e. The van der Waals surface area contributed by atoms with Crippen LogP contribution >= 0.6 is 11.8 Å². The largest absolute Gasteiger partial charge is 0.496 e. The van der Waals surface area contributed by atoms with E-state index in [2.05, 4.69) is 10.8 Å². The highest BCUT2D eigenvalue weighted by atomic mass is 32.2. The molecule has 1 aromatic rings. The number of hydrogen-bond acceptors (Lipinski definition) is 6. The summed E-state index contributed by atoms with van der Waals surface area (Å²) in [5.74, 6) is 1.80. The first kappa shape index (κ1) is 16.3. The molecule has 0 saturated carbocycles. The highest BCUT2D eigenvalue weighted by Crippen LogP contribution is 2.24. The molecule has 1 rings (SSSR count). The van der Waals surface area contributed by atoms with Crippen LogP contribution in [0, 0.1) is 11.3 Å². The molecule has 0 radical (unpaired) electrons. The Morgan fingerprint density at radius 2 is 2.25 bits per heavy atom. The van der Waals surface area contributed by atoms with Gasteiger partial charge < -0.3 is 15.2 Å². The highest BCUT2D eigenvalue weighted by Gasteiger charge is 2.13. The van der Waals surface area contributed by atoms with E-state index in [9.17, 15) is 4.79 Å². The second-order valence-corrected chi connectivity index (χ2v) is 5.21. The van der Waals surface area contributed by atoms with Gasteiger partial charge in [-0.05, 0) is 30.4 Å². The number of ether oxygens (including phenoxy) is 2. The molecule has 0 aliphatic rings. The SMILES string of the molecule is COC(=O)C(N)CCSCc1cc(C#N)ccc1OC. The van der Waals surface area contributed by atoms with Crippen molar-refractivity contribution in [3.8, 4) is 11.8 Å². The third-order valence-electron chi connectivity index (χ3n) is 2.74. The molecule has 1 aromatic carbocycles. The number of benzene rings is 1. The Morgan fingerprint density at radius 3 is 2.85 bits per heavy atom. The molecule has 0 bridgehead atoms. The summed E-state index contributed by atoms with van der Waals surface area (Å²) >= 11 is 1.63. The van der Waals surface area contributed by atoms with Crippen molar-refractivity contribution in [1.82, 2.24) is 0 Å². The predicted octanol–water partition coefficient (Wildman–Crippen LogP) is 1.69. The predicted molar refractivity (Wildman–Crippen MR) is 78.5 cm³/mol. The number of nitriles is 1. The molecule has 0 spiro atoms. The lowest BCUT2D eigenvalue weighted by Gasteiger charge is -2.10. The molecule has 0 aromatic heterocycles. The molecule has 1 unspecified atom stereocenters. The molecular formula is C14H18N2O3S. The fourth-order valence-corrected chi connectivity index (χ4v) is 2.63. The van der Waals surface area contributed by atoms with Gasteiger partial charge in [-0.2, -0.15) is 17.0 Å². The maximum absolute atomic E-state index is 11.1. The first-order chi connectivity index (χ1) is 9.62. The molecule has 20 heavy (non-hydrogen) atoms. The Morgan fingerprint density at radius 1 is 1.50 bits per heavy atom. The molecule has 0 heterocycles. The molecule has 0 fully saturated rings. The van der Waals surface area contributed by atoms with Crippen molar-refractivity contribution < 1.29 is 14.3 Å². The van der Waals surface area contributed by atoms with E-state index in [-0.39, 0.29) is 0 Å². The standard InChI is InChI=1S/C14H18N2O3S/c1-18-13-4-3-10(8-15)7-11(13)9-20-6-5-12(16)14(17)19-2/h3-4,7,12H,5-6,9,16H2,1-2H3.